The normalized spacial score (nSPS) is 12.4. The highest BCUT2D eigenvalue weighted by molar-refractivity contribution is 6.31. The fraction of sp³-hybridized carbons (Fsp3) is 0.217. The standard InChI is InChI=1S/C23H22ClN3O/c1-16(12-22(28)23-25-10-11-26(23)2)20-15-27(14-17-6-4-3-5-7-17)21-9-8-18(24)13-19(20)21/h3-11,13,15-16H,12,14H2,1-2H3/t16-/m1/s1. The number of carbonyl (C=O) groups excluding carboxylic acids is 1. The molecule has 28 heavy (non-hydrogen) atoms. The van der Waals surface area contributed by atoms with E-state index in [1.54, 1.807) is 17.0 Å². The Morgan fingerprint density at radius 3 is 2.68 bits per heavy atom. The summed E-state index contributed by atoms with van der Waals surface area (Å²) in [5.41, 5.74) is 3.49. The molecular formula is C23H22ClN3O. The van der Waals surface area contributed by atoms with Crippen LogP contribution in [-0.2, 0) is 13.6 Å². The second kappa shape index (κ2) is 7.64. The molecule has 0 saturated heterocycles. The molecule has 0 aliphatic rings. The van der Waals surface area contributed by atoms with Gasteiger partial charge in [-0.1, -0.05) is 48.9 Å². The summed E-state index contributed by atoms with van der Waals surface area (Å²) in [6.07, 6.45) is 6.01. The lowest BCUT2D eigenvalue weighted by Gasteiger charge is -2.10. The minimum atomic E-state index is 0.0472. The maximum Gasteiger partial charge on any atom is 0.198 e. The van der Waals surface area contributed by atoms with Gasteiger partial charge >= 0.3 is 0 Å². The summed E-state index contributed by atoms with van der Waals surface area (Å²) in [6, 6.07) is 16.3. The molecule has 4 aromatic rings. The van der Waals surface area contributed by atoms with E-state index in [4.69, 9.17) is 11.6 Å². The molecule has 0 unspecified atom stereocenters. The van der Waals surface area contributed by atoms with Crippen molar-refractivity contribution in [1.29, 1.82) is 0 Å². The third-order valence-electron chi connectivity index (χ3n) is 5.16. The molecule has 0 N–H and O–H groups in total. The zero-order chi connectivity index (χ0) is 19.7. The van der Waals surface area contributed by atoms with Crippen LogP contribution in [0.5, 0.6) is 0 Å². The number of fused-ring (bicyclic) bond motifs is 1. The van der Waals surface area contributed by atoms with Crippen molar-refractivity contribution in [2.24, 2.45) is 7.05 Å². The Labute approximate surface area is 169 Å². The van der Waals surface area contributed by atoms with Crippen LogP contribution < -0.4 is 0 Å². The van der Waals surface area contributed by atoms with E-state index < -0.39 is 0 Å². The second-order valence-electron chi connectivity index (χ2n) is 7.25. The van der Waals surface area contributed by atoms with Crippen molar-refractivity contribution in [2.75, 3.05) is 0 Å². The van der Waals surface area contributed by atoms with Crippen LogP contribution in [0.2, 0.25) is 5.02 Å². The molecule has 0 fully saturated rings. The summed E-state index contributed by atoms with van der Waals surface area (Å²) in [5.74, 6) is 0.603. The van der Waals surface area contributed by atoms with E-state index in [0.717, 1.165) is 23.0 Å². The van der Waals surface area contributed by atoms with Crippen LogP contribution in [-0.4, -0.2) is 19.9 Å². The molecule has 4 rings (SSSR count). The van der Waals surface area contributed by atoms with Crippen molar-refractivity contribution in [1.82, 2.24) is 14.1 Å². The van der Waals surface area contributed by atoms with Gasteiger partial charge in [0, 0.05) is 54.5 Å². The number of ketones is 1. The predicted molar refractivity (Wildman–Crippen MR) is 113 cm³/mol. The van der Waals surface area contributed by atoms with Gasteiger partial charge in [0.2, 0.25) is 0 Å². The first kappa shape index (κ1) is 18.5. The summed E-state index contributed by atoms with van der Waals surface area (Å²) >= 11 is 6.28. The highest BCUT2D eigenvalue weighted by atomic mass is 35.5. The van der Waals surface area contributed by atoms with Crippen molar-refractivity contribution < 1.29 is 4.79 Å². The average Bonchev–Trinajstić information content (AvgIpc) is 3.26. The summed E-state index contributed by atoms with van der Waals surface area (Å²) in [4.78, 5) is 16.9. The molecular weight excluding hydrogens is 370 g/mol. The van der Waals surface area contributed by atoms with Crippen molar-refractivity contribution in [3.63, 3.8) is 0 Å². The minimum absolute atomic E-state index is 0.0472. The van der Waals surface area contributed by atoms with Crippen molar-refractivity contribution >= 4 is 28.3 Å². The van der Waals surface area contributed by atoms with Gasteiger partial charge < -0.3 is 9.13 Å². The van der Waals surface area contributed by atoms with Gasteiger partial charge in [-0.25, -0.2) is 4.98 Å². The maximum atomic E-state index is 12.7. The van der Waals surface area contributed by atoms with Gasteiger partial charge in [-0.2, -0.15) is 0 Å². The molecule has 1 atom stereocenters. The Morgan fingerprint density at radius 2 is 1.96 bits per heavy atom. The molecule has 0 spiro atoms. The number of aromatic nitrogens is 3. The quantitative estimate of drug-likeness (QED) is 0.410. The topological polar surface area (TPSA) is 39.8 Å². The number of Topliss-reactive ketones (excluding diaryl/α,β-unsaturated/α-hetero) is 1. The number of aryl methyl sites for hydroxylation is 1. The molecule has 2 aromatic heterocycles. The lowest BCUT2D eigenvalue weighted by molar-refractivity contribution is 0.0962. The van der Waals surface area contributed by atoms with Crippen LogP contribution >= 0.6 is 11.6 Å². The molecule has 0 aliphatic heterocycles. The number of halogens is 1. The molecule has 0 saturated carbocycles. The van der Waals surface area contributed by atoms with E-state index >= 15 is 0 Å². The highest BCUT2D eigenvalue weighted by Crippen LogP contribution is 2.32. The van der Waals surface area contributed by atoms with Crippen molar-refractivity contribution in [2.45, 2.75) is 25.8 Å². The van der Waals surface area contributed by atoms with Gasteiger partial charge in [-0.05, 0) is 35.2 Å². The predicted octanol–water partition coefficient (Wildman–Crippen LogP) is 5.45. The van der Waals surface area contributed by atoms with E-state index in [-0.39, 0.29) is 11.7 Å². The van der Waals surface area contributed by atoms with Crippen LogP contribution in [0.3, 0.4) is 0 Å². The van der Waals surface area contributed by atoms with Gasteiger partial charge in [-0.3, -0.25) is 4.79 Å². The van der Waals surface area contributed by atoms with E-state index in [1.807, 2.05) is 37.4 Å². The first-order valence-corrected chi connectivity index (χ1v) is 9.73. The zero-order valence-electron chi connectivity index (χ0n) is 16.0. The minimum Gasteiger partial charge on any atom is -0.343 e. The zero-order valence-corrected chi connectivity index (χ0v) is 16.7. The van der Waals surface area contributed by atoms with Gasteiger partial charge in [0.15, 0.2) is 11.6 Å². The van der Waals surface area contributed by atoms with Gasteiger partial charge in [0.1, 0.15) is 0 Å². The first-order chi connectivity index (χ1) is 13.5. The Morgan fingerprint density at radius 1 is 1.18 bits per heavy atom. The fourth-order valence-electron chi connectivity index (χ4n) is 3.71. The molecule has 2 aromatic carbocycles. The summed E-state index contributed by atoms with van der Waals surface area (Å²) in [5, 5.41) is 1.80. The van der Waals surface area contributed by atoms with Gasteiger partial charge in [-0.15, -0.1) is 0 Å². The lowest BCUT2D eigenvalue weighted by atomic mass is 9.95. The van der Waals surface area contributed by atoms with E-state index in [9.17, 15) is 4.79 Å². The number of hydrogen-bond acceptors (Lipinski definition) is 2. The van der Waals surface area contributed by atoms with Crippen LogP contribution in [0.4, 0.5) is 0 Å². The molecule has 0 aliphatic carbocycles. The number of carbonyl (C=O) groups is 1. The second-order valence-corrected chi connectivity index (χ2v) is 7.69. The Kier molecular flexibility index (Phi) is 5.05. The number of nitrogens with zero attached hydrogens (tertiary/aromatic N) is 3. The van der Waals surface area contributed by atoms with Crippen LogP contribution in [0, 0.1) is 0 Å². The monoisotopic (exact) mass is 391 g/mol. The fourth-order valence-corrected chi connectivity index (χ4v) is 3.89. The lowest BCUT2D eigenvalue weighted by Crippen LogP contribution is -2.10. The Hall–Kier alpha value is -2.85. The van der Waals surface area contributed by atoms with E-state index in [0.29, 0.717) is 17.3 Å². The van der Waals surface area contributed by atoms with Crippen molar-refractivity contribution in [3.05, 3.63) is 89.1 Å². The molecule has 0 amide bonds. The van der Waals surface area contributed by atoms with E-state index in [1.165, 1.54) is 5.56 Å². The maximum absolute atomic E-state index is 12.7. The molecule has 0 bridgehead atoms. The number of imidazole rings is 1. The van der Waals surface area contributed by atoms with Crippen LogP contribution in [0.15, 0.2) is 67.1 Å². The van der Waals surface area contributed by atoms with Crippen LogP contribution in [0.25, 0.3) is 10.9 Å². The summed E-state index contributed by atoms with van der Waals surface area (Å²) in [7, 11) is 1.84. The number of rotatable bonds is 6. The SMILES string of the molecule is C[C@H](CC(=O)c1nccn1C)c1cn(Cc2ccccc2)c2ccc(Cl)cc12. The van der Waals surface area contributed by atoms with Gasteiger partial charge in [0.25, 0.3) is 0 Å². The average molecular weight is 392 g/mol. The Balaban J connectivity index is 1.69. The molecule has 4 nitrogen and oxygen atoms in total. The smallest absolute Gasteiger partial charge is 0.198 e. The van der Waals surface area contributed by atoms with E-state index in [2.05, 4.69) is 40.9 Å². The van der Waals surface area contributed by atoms with Crippen LogP contribution in [0.1, 0.15) is 41.0 Å². The van der Waals surface area contributed by atoms with Crippen molar-refractivity contribution in [3.8, 4) is 0 Å². The molecule has 142 valence electrons. The first-order valence-electron chi connectivity index (χ1n) is 9.35. The molecule has 5 heteroatoms. The molecule has 2 heterocycles. The summed E-state index contributed by atoms with van der Waals surface area (Å²) < 4.78 is 4.00. The Bertz CT molecular complexity index is 1130. The molecule has 0 radical (unpaired) electrons. The largest absolute Gasteiger partial charge is 0.343 e. The summed E-state index contributed by atoms with van der Waals surface area (Å²) in [6.45, 7) is 2.86. The number of benzene rings is 2. The third kappa shape index (κ3) is 3.60. The third-order valence-corrected chi connectivity index (χ3v) is 5.40. The number of hydrogen-bond donors (Lipinski definition) is 0. The van der Waals surface area contributed by atoms with Gasteiger partial charge in [0.05, 0.1) is 0 Å². The highest BCUT2D eigenvalue weighted by Gasteiger charge is 2.20.